The molecule has 0 aromatic carbocycles. The molecule has 5 saturated carbocycles. The third-order valence-corrected chi connectivity index (χ3v) is 6.98. The van der Waals surface area contributed by atoms with Gasteiger partial charge in [0.25, 0.3) is 0 Å². The van der Waals surface area contributed by atoms with E-state index in [9.17, 15) is 0 Å². The zero-order valence-corrected chi connectivity index (χ0v) is 12.0. The van der Waals surface area contributed by atoms with Gasteiger partial charge in [0.1, 0.15) is 0 Å². The van der Waals surface area contributed by atoms with Crippen LogP contribution in [-0.2, 0) is 0 Å². The summed E-state index contributed by atoms with van der Waals surface area (Å²) in [5.74, 6) is 4.12. The lowest BCUT2D eigenvalue weighted by Crippen LogP contribution is -2.48. The summed E-state index contributed by atoms with van der Waals surface area (Å²) in [6.07, 6.45) is 14.8. The highest BCUT2D eigenvalue weighted by atomic mass is 14.8. The van der Waals surface area contributed by atoms with E-state index < -0.39 is 0 Å². The van der Waals surface area contributed by atoms with Crippen molar-refractivity contribution in [2.24, 2.45) is 34.8 Å². The molecule has 0 heterocycles. The van der Waals surface area contributed by atoms with Crippen LogP contribution in [0.3, 0.4) is 0 Å². The molecule has 18 heavy (non-hydrogen) atoms. The molecule has 0 radical (unpaired) electrons. The van der Waals surface area contributed by atoms with E-state index in [1.54, 1.807) is 38.5 Å². The Kier molecular flexibility index (Phi) is 2.45. The maximum atomic E-state index is 6.53. The second kappa shape index (κ2) is 3.75. The van der Waals surface area contributed by atoms with Crippen LogP contribution in [0.2, 0.25) is 0 Å². The highest BCUT2D eigenvalue weighted by Gasteiger charge is 2.54. The summed E-state index contributed by atoms with van der Waals surface area (Å²) in [4.78, 5) is 0. The Morgan fingerprint density at radius 1 is 1.00 bits per heavy atom. The summed E-state index contributed by atoms with van der Waals surface area (Å²) < 4.78 is 0. The van der Waals surface area contributed by atoms with E-state index >= 15 is 0 Å². The van der Waals surface area contributed by atoms with Crippen LogP contribution in [0.4, 0.5) is 0 Å². The number of hydrogen-bond donors (Lipinski definition) is 1. The molecule has 102 valence electrons. The van der Waals surface area contributed by atoms with Crippen LogP contribution in [0, 0.1) is 29.1 Å². The van der Waals surface area contributed by atoms with Crippen LogP contribution in [0.5, 0.6) is 0 Å². The molecule has 5 aliphatic carbocycles. The maximum Gasteiger partial charge on any atom is 0.0184 e. The summed E-state index contributed by atoms with van der Waals surface area (Å²) in [6, 6.07) is 0. The minimum absolute atomic E-state index is 0.262. The lowest BCUT2D eigenvalue weighted by molar-refractivity contribution is -0.0679. The van der Waals surface area contributed by atoms with Gasteiger partial charge in [-0.05, 0) is 86.9 Å². The van der Waals surface area contributed by atoms with E-state index in [4.69, 9.17) is 5.73 Å². The van der Waals surface area contributed by atoms with Crippen LogP contribution in [0.15, 0.2) is 0 Å². The molecule has 0 amide bonds. The Balaban J connectivity index is 1.53. The molecular formula is C17H29N. The maximum absolute atomic E-state index is 6.53. The quantitative estimate of drug-likeness (QED) is 0.795. The first kappa shape index (κ1) is 11.8. The van der Waals surface area contributed by atoms with Crippen LogP contribution < -0.4 is 5.73 Å². The Bertz CT molecular complexity index is 306. The van der Waals surface area contributed by atoms with E-state index in [-0.39, 0.29) is 5.54 Å². The van der Waals surface area contributed by atoms with Gasteiger partial charge in [0.2, 0.25) is 0 Å². The smallest absolute Gasteiger partial charge is 0.0184 e. The van der Waals surface area contributed by atoms with E-state index in [0.29, 0.717) is 0 Å². The van der Waals surface area contributed by atoms with Gasteiger partial charge in [-0.3, -0.25) is 0 Å². The summed E-state index contributed by atoms with van der Waals surface area (Å²) in [6.45, 7) is 2.37. The molecule has 1 heteroatoms. The molecule has 0 aromatic rings. The minimum atomic E-state index is 0.262. The number of rotatable bonds is 4. The lowest BCUT2D eigenvalue weighted by atomic mass is 9.48. The number of nitrogens with two attached hydrogens (primary N) is 1. The fourth-order valence-electron chi connectivity index (χ4n) is 6.37. The van der Waals surface area contributed by atoms with Crippen molar-refractivity contribution in [1.29, 1.82) is 0 Å². The first-order chi connectivity index (χ1) is 8.61. The molecule has 0 aliphatic heterocycles. The minimum Gasteiger partial charge on any atom is -0.325 e. The third-order valence-electron chi connectivity index (χ3n) is 6.98. The summed E-state index contributed by atoms with van der Waals surface area (Å²) >= 11 is 0. The van der Waals surface area contributed by atoms with Gasteiger partial charge in [-0.25, -0.2) is 0 Å². The predicted molar refractivity (Wildman–Crippen MR) is 75.2 cm³/mol. The normalized spacial score (nSPS) is 49.3. The molecule has 0 saturated heterocycles. The van der Waals surface area contributed by atoms with Crippen molar-refractivity contribution in [3.63, 3.8) is 0 Å². The molecule has 5 fully saturated rings. The average Bonchev–Trinajstić information content (AvgIpc) is 3.03. The largest absolute Gasteiger partial charge is 0.325 e. The zero-order chi connectivity index (χ0) is 12.4. The van der Waals surface area contributed by atoms with Gasteiger partial charge in [-0.2, -0.15) is 0 Å². The van der Waals surface area contributed by atoms with Crippen LogP contribution in [0.1, 0.15) is 71.1 Å². The standard InChI is InChI=1S/C17H29N/c1-2-15(17(18)3-4-17)11-16-8-12-5-13(9-16)7-14(6-12)10-16/h12-15H,2-11,18H2,1H3. The topological polar surface area (TPSA) is 26.0 Å². The predicted octanol–water partition coefficient (Wildman–Crippen LogP) is 4.11. The number of hydrogen-bond acceptors (Lipinski definition) is 1. The Hall–Kier alpha value is -0.0400. The van der Waals surface area contributed by atoms with Crippen molar-refractivity contribution in [2.45, 2.75) is 76.7 Å². The van der Waals surface area contributed by atoms with Crippen molar-refractivity contribution in [1.82, 2.24) is 0 Å². The van der Waals surface area contributed by atoms with Gasteiger partial charge in [-0.1, -0.05) is 13.3 Å². The third kappa shape index (κ3) is 1.77. The monoisotopic (exact) mass is 247 g/mol. The van der Waals surface area contributed by atoms with E-state index in [1.165, 1.54) is 25.7 Å². The summed E-state index contributed by atoms with van der Waals surface area (Å²) in [5.41, 5.74) is 7.53. The van der Waals surface area contributed by atoms with E-state index in [1.807, 2.05) is 0 Å². The Morgan fingerprint density at radius 2 is 1.50 bits per heavy atom. The van der Waals surface area contributed by atoms with Crippen LogP contribution in [-0.4, -0.2) is 5.54 Å². The average molecular weight is 247 g/mol. The van der Waals surface area contributed by atoms with E-state index in [2.05, 4.69) is 6.92 Å². The molecule has 4 bridgehead atoms. The van der Waals surface area contributed by atoms with Crippen molar-refractivity contribution < 1.29 is 0 Å². The highest BCUT2D eigenvalue weighted by molar-refractivity contribution is 5.08. The van der Waals surface area contributed by atoms with Gasteiger partial charge in [0, 0.05) is 5.54 Å². The van der Waals surface area contributed by atoms with Gasteiger partial charge in [0.15, 0.2) is 0 Å². The molecule has 1 unspecified atom stereocenters. The first-order valence-electron chi connectivity index (χ1n) is 8.40. The molecular weight excluding hydrogens is 218 g/mol. The molecule has 5 aliphatic rings. The fraction of sp³-hybridized carbons (Fsp3) is 1.00. The second-order valence-corrected chi connectivity index (χ2v) is 8.46. The van der Waals surface area contributed by atoms with Gasteiger partial charge in [-0.15, -0.1) is 0 Å². The van der Waals surface area contributed by atoms with E-state index in [0.717, 1.165) is 29.1 Å². The highest BCUT2D eigenvalue weighted by Crippen LogP contribution is 2.63. The van der Waals surface area contributed by atoms with Crippen molar-refractivity contribution >= 4 is 0 Å². The SMILES string of the molecule is CCC(CC12CC3CC(CC(C3)C1)C2)C1(N)CC1. The Labute approximate surface area is 112 Å². The first-order valence-corrected chi connectivity index (χ1v) is 8.40. The summed E-state index contributed by atoms with van der Waals surface area (Å²) in [7, 11) is 0. The molecule has 2 N–H and O–H groups in total. The molecule has 0 aromatic heterocycles. The second-order valence-electron chi connectivity index (χ2n) is 8.46. The lowest BCUT2D eigenvalue weighted by Gasteiger charge is -2.58. The van der Waals surface area contributed by atoms with Crippen molar-refractivity contribution in [2.75, 3.05) is 0 Å². The molecule has 1 atom stereocenters. The van der Waals surface area contributed by atoms with Gasteiger partial charge >= 0.3 is 0 Å². The molecule has 5 rings (SSSR count). The van der Waals surface area contributed by atoms with Crippen molar-refractivity contribution in [3.05, 3.63) is 0 Å². The fourth-order valence-corrected chi connectivity index (χ4v) is 6.37. The van der Waals surface area contributed by atoms with Crippen LogP contribution in [0.25, 0.3) is 0 Å². The van der Waals surface area contributed by atoms with Gasteiger partial charge in [0.05, 0.1) is 0 Å². The summed E-state index contributed by atoms with van der Waals surface area (Å²) in [5, 5.41) is 0. The molecule has 1 nitrogen and oxygen atoms in total. The van der Waals surface area contributed by atoms with Gasteiger partial charge < -0.3 is 5.73 Å². The van der Waals surface area contributed by atoms with Crippen molar-refractivity contribution in [3.8, 4) is 0 Å². The zero-order valence-electron chi connectivity index (χ0n) is 12.0. The Morgan fingerprint density at radius 3 is 1.89 bits per heavy atom. The van der Waals surface area contributed by atoms with Crippen LogP contribution >= 0.6 is 0 Å². The molecule has 0 spiro atoms.